The van der Waals surface area contributed by atoms with Crippen LogP contribution < -0.4 is 11.1 Å². The van der Waals surface area contributed by atoms with Crippen molar-refractivity contribution in [2.75, 3.05) is 24.7 Å². The molecule has 1 aromatic carbocycles. The molecule has 3 rings (SSSR count). The number of piperidine rings is 1. The Morgan fingerprint density at radius 2 is 1.93 bits per heavy atom. The minimum Gasteiger partial charge on any atom is -0.365 e. The summed E-state index contributed by atoms with van der Waals surface area (Å²) in [5, 5.41) is 3.48. The van der Waals surface area contributed by atoms with Crippen LogP contribution in [0.3, 0.4) is 0 Å². The maximum atomic E-state index is 12.9. The Labute approximate surface area is 173 Å². The summed E-state index contributed by atoms with van der Waals surface area (Å²) in [7, 11) is 0. The molecule has 1 saturated heterocycles. The first-order valence-corrected chi connectivity index (χ1v) is 10.6. The van der Waals surface area contributed by atoms with E-state index in [9.17, 15) is 9.59 Å². The molecule has 9 heteroatoms. The van der Waals surface area contributed by atoms with Crippen LogP contribution in [-0.4, -0.2) is 46.0 Å². The number of primary amides is 1. The Morgan fingerprint density at radius 1 is 1.21 bits per heavy atom. The summed E-state index contributed by atoms with van der Waals surface area (Å²) in [4.78, 5) is 35.0. The van der Waals surface area contributed by atoms with Gasteiger partial charge in [0.05, 0.1) is 0 Å². The van der Waals surface area contributed by atoms with E-state index in [1.807, 2.05) is 24.0 Å². The van der Waals surface area contributed by atoms with Crippen LogP contribution in [0, 0.1) is 6.92 Å². The summed E-state index contributed by atoms with van der Waals surface area (Å²) in [5.41, 5.74) is 7.60. The number of carbonyl (C=O) groups excluding carboxylic acids is 2. The van der Waals surface area contributed by atoms with Gasteiger partial charge in [0, 0.05) is 24.3 Å². The normalized spacial score (nSPS) is 14.0. The zero-order valence-corrected chi connectivity index (χ0v) is 17.4. The number of nitrogens with two attached hydrogens (primary N) is 1. The maximum absolute atomic E-state index is 12.9. The lowest BCUT2D eigenvalue weighted by molar-refractivity contribution is 0.0723. The predicted octanol–water partition coefficient (Wildman–Crippen LogP) is 3.63. The molecule has 1 aliphatic rings. The van der Waals surface area contributed by atoms with Gasteiger partial charge in [-0.2, -0.15) is 0 Å². The number of nitrogens with zero attached hydrogens (tertiary/aromatic N) is 3. The minimum absolute atomic E-state index is 0.00826. The average Bonchev–Trinajstić information content (AvgIpc) is 2.68. The van der Waals surface area contributed by atoms with E-state index >= 15 is 0 Å². The third-order valence-corrected chi connectivity index (χ3v) is 5.47. The molecule has 0 saturated carbocycles. The van der Waals surface area contributed by atoms with Crippen molar-refractivity contribution in [2.45, 2.75) is 31.3 Å². The fourth-order valence-corrected chi connectivity index (χ4v) is 3.83. The van der Waals surface area contributed by atoms with Crippen molar-refractivity contribution in [1.82, 2.24) is 14.9 Å². The summed E-state index contributed by atoms with van der Waals surface area (Å²) < 4.78 is 0. The number of aromatic nitrogens is 2. The molecule has 7 nitrogen and oxygen atoms in total. The second-order valence-electron chi connectivity index (χ2n) is 6.60. The molecule has 28 heavy (non-hydrogen) atoms. The van der Waals surface area contributed by atoms with Crippen molar-refractivity contribution in [1.29, 1.82) is 0 Å². The second kappa shape index (κ2) is 8.79. The van der Waals surface area contributed by atoms with Crippen molar-refractivity contribution < 1.29 is 9.59 Å². The fourth-order valence-electron chi connectivity index (χ4n) is 3.15. The molecule has 0 radical (unpaired) electrons. The predicted molar refractivity (Wildman–Crippen MR) is 112 cm³/mol. The standard InChI is InChI=1S/C19H22ClN5O2S/c1-11-6-7-12(10-13(11)18(27)25-8-4-3-5-9-25)22-17-14(16(21)26)15(20)23-19(24-17)28-2/h6-7,10H,3-5,8-9H2,1-2H3,(H2,21,26)(H,22,23,24). The molecular formula is C19H22ClN5O2S. The summed E-state index contributed by atoms with van der Waals surface area (Å²) in [6, 6.07) is 5.45. The largest absolute Gasteiger partial charge is 0.365 e. The number of rotatable bonds is 5. The SMILES string of the molecule is CSc1nc(Cl)c(C(N)=O)c(Nc2ccc(C)c(C(=O)N3CCCCC3)c2)n1. The Balaban J connectivity index is 1.94. The van der Waals surface area contributed by atoms with Crippen LogP contribution >= 0.6 is 23.4 Å². The number of anilines is 2. The molecule has 2 amide bonds. The fraction of sp³-hybridized carbons (Fsp3) is 0.368. The van der Waals surface area contributed by atoms with Gasteiger partial charge in [0.2, 0.25) is 0 Å². The molecular weight excluding hydrogens is 398 g/mol. The molecule has 148 valence electrons. The first-order chi connectivity index (χ1) is 13.4. The van der Waals surface area contributed by atoms with Crippen molar-refractivity contribution in [2.24, 2.45) is 5.73 Å². The number of aryl methyl sites for hydroxylation is 1. The highest BCUT2D eigenvalue weighted by molar-refractivity contribution is 7.98. The third-order valence-electron chi connectivity index (χ3n) is 4.65. The number of amides is 2. The summed E-state index contributed by atoms with van der Waals surface area (Å²) >= 11 is 7.41. The van der Waals surface area contributed by atoms with E-state index in [4.69, 9.17) is 17.3 Å². The molecule has 0 spiro atoms. The number of halogens is 1. The van der Waals surface area contributed by atoms with Crippen molar-refractivity contribution >= 4 is 46.7 Å². The summed E-state index contributed by atoms with van der Waals surface area (Å²) in [6.07, 6.45) is 5.02. The smallest absolute Gasteiger partial charge is 0.255 e. The van der Waals surface area contributed by atoms with Crippen LogP contribution in [0.15, 0.2) is 23.4 Å². The molecule has 0 unspecified atom stereocenters. The number of benzene rings is 1. The lowest BCUT2D eigenvalue weighted by Crippen LogP contribution is -2.36. The van der Waals surface area contributed by atoms with Gasteiger partial charge in [0.1, 0.15) is 16.5 Å². The molecule has 0 aliphatic carbocycles. The number of nitrogens with one attached hydrogen (secondary N) is 1. The number of likely N-dealkylation sites (tertiary alicyclic amines) is 1. The van der Waals surface area contributed by atoms with Gasteiger partial charge in [-0.3, -0.25) is 9.59 Å². The Kier molecular flexibility index (Phi) is 6.41. The third kappa shape index (κ3) is 4.39. The highest BCUT2D eigenvalue weighted by Gasteiger charge is 2.21. The number of hydrogen-bond acceptors (Lipinski definition) is 6. The van der Waals surface area contributed by atoms with Gasteiger partial charge in [-0.25, -0.2) is 9.97 Å². The van der Waals surface area contributed by atoms with Crippen molar-refractivity contribution in [3.05, 3.63) is 40.0 Å². The van der Waals surface area contributed by atoms with E-state index in [-0.39, 0.29) is 22.4 Å². The van der Waals surface area contributed by atoms with Gasteiger partial charge >= 0.3 is 0 Å². The maximum Gasteiger partial charge on any atom is 0.255 e. The monoisotopic (exact) mass is 419 g/mol. The summed E-state index contributed by atoms with van der Waals surface area (Å²) in [6.45, 7) is 3.46. The van der Waals surface area contributed by atoms with Crippen molar-refractivity contribution in [3.8, 4) is 0 Å². The van der Waals surface area contributed by atoms with E-state index in [2.05, 4.69) is 15.3 Å². The van der Waals surface area contributed by atoms with Gasteiger partial charge < -0.3 is 16.0 Å². The van der Waals surface area contributed by atoms with E-state index in [0.29, 0.717) is 16.4 Å². The van der Waals surface area contributed by atoms with Crippen molar-refractivity contribution in [3.63, 3.8) is 0 Å². The zero-order valence-electron chi connectivity index (χ0n) is 15.8. The van der Waals surface area contributed by atoms with Crippen LogP contribution in [0.1, 0.15) is 45.5 Å². The lowest BCUT2D eigenvalue weighted by atomic mass is 10.0. The van der Waals surface area contributed by atoms with E-state index in [1.165, 1.54) is 11.8 Å². The molecule has 2 aromatic rings. The second-order valence-corrected chi connectivity index (χ2v) is 7.73. The Hall–Kier alpha value is -2.32. The summed E-state index contributed by atoms with van der Waals surface area (Å²) in [5.74, 6) is -0.490. The molecule has 2 heterocycles. The number of carbonyl (C=O) groups is 2. The van der Waals surface area contributed by atoms with Crippen LogP contribution in [0.25, 0.3) is 0 Å². The average molecular weight is 420 g/mol. The van der Waals surface area contributed by atoms with E-state index in [0.717, 1.165) is 37.9 Å². The molecule has 1 aliphatic heterocycles. The highest BCUT2D eigenvalue weighted by Crippen LogP contribution is 2.28. The lowest BCUT2D eigenvalue weighted by Gasteiger charge is -2.27. The molecule has 1 fully saturated rings. The van der Waals surface area contributed by atoms with Crippen LogP contribution in [0.5, 0.6) is 0 Å². The minimum atomic E-state index is -0.725. The van der Waals surface area contributed by atoms with Gasteiger partial charge in [0.25, 0.3) is 11.8 Å². The van der Waals surface area contributed by atoms with Gasteiger partial charge in [-0.1, -0.05) is 29.4 Å². The Morgan fingerprint density at radius 3 is 2.57 bits per heavy atom. The van der Waals surface area contributed by atoms with E-state index < -0.39 is 5.91 Å². The zero-order chi connectivity index (χ0) is 20.3. The highest BCUT2D eigenvalue weighted by atomic mass is 35.5. The molecule has 1 aromatic heterocycles. The Bertz CT molecular complexity index is 915. The number of hydrogen-bond donors (Lipinski definition) is 2. The van der Waals surface area contributed by atoms with Gasteiger partial charge in [0.15, 0.2) is 5.16 Å². The molecule has 0 atom stereocenters. The molecule has 3 N–H and O–H groups in total. The van der Waals surface area contributed by atoms with Crippen LogP contribution in [0.4, 0.5) is 11.5 Å². The van der Waals surface area contributed by atoms with Gasteiger partial charge in [-0.15, -0.1) is 0 Å². The molecule has 0 bridgehead atoms. The van der Waals surface area contributed by atoms with Gasteiger partial charge in [-0.05, 0) is 50.1 Å². The van der Waals surface area contributed by atoms with E-state index in [1.54, 1.807) is 12.3 Å². The van der Waals surface area contributed by atoms with Crippen LogP contribution in [-0.2, 0) is 0 Å². The first-order valence-electron chi connectivity index (χ1n) is 8.99. The number of thioether (sulfide) groups is 1. The first kappa shape index (κ1) is 20.4. The topological polar surface area (TPSA) is 101 Å². The quantitative estimate of drug-likeness (QED) is 0.436. The van der Waals surface area contributed by atoms with Crippen LogP contribution in [0.2, 0.25) is 5.15 Å².